The minimum atomic E-state index is -4.38. The van der Waals surface area contributed by atoms with Gasteiger partial charge < -0.3 is 30.6 Å². The second kappa shape index (κ2) is 8.13. The molecule has 0 spiro atoms. The number of hydrogen-bond donors (Lipinski definition) is 6. The van der Waals surface area contributed by atoms with Crippen molar-refractivity contribution in [3.63, 3.8) is 0 Å². The number of carbonyl (C=O) groups is 6. The maximum absolute atomic E-state index is 12.5. The Kier molecular flexibility index (Phi) is 7.53. The first-order valence-electron chi connectivity index (χ1n) is 8.51. The molecule has 12 heteroatoms. The Balaban J connectivity index is 8.09. The van der Waals surface area contributed by atoms with Crippen molar-refractivity contribution >= 4 is 34.7 Å². The zero-order chi connectivity index (χ0) is 24.7. The molecule has 6 N–H and O–H groups in total. The Morgan fingerprint density at radius 1 is 0.500 bits per heavy atom. The molecule has 170 valence electrons. The quantitative estimate of drug-likeness (QED) is 0.172. The van der Waals surface area contributed by atoms with Gasteiger partial charge in [0.05, 0.1) is 6.61 Å². The van der Waals surface area contributed by atoms with Crippen LogP contribution < -0.4 is 0 Å². The number of aliphatic hydroxyl groups excluding tert-OH is 1. The van der Waals surface area contributed by atoms with Crippen LogP contribution in [0.15, 0.2) is 0 Å². The van der Waals surface area contributed by atoms with E-state index in [0.29, 0.717) is 41.5 Å². The van der Waals surface area contributed by atoms with Gasteiger partial charge in [-0.25, -0.2) is 0 Å². The molecule has 4 atom stereocenters. The van der Waals surface area contributed by atoms with Crippen LogP contribution >= 0.6 is 0 Å². The fraction of sp³-hybridized carbons (Fsp3) is 0.667. The summed E-state index contributed by atoms with van der Waals surface area (Å²) in [5, 5.41) is 64.3. The van der Waals surface area contributed by atoms with E-state index in [1.165, 1.54) is 0 Å². The van der Waals surface area contributed by atoms with E-state index in [1.54, 1.807) is 0 Å². The average molecular weight is 434 g/mol. The summed E-state index contributed by atoms with van der Waals surface area (Å²) in [4.78, 5) is 73.7. The third-order valence-electron chi connectivity index (χ3n) is 5.53. The molecule has 0 aromatic heterocycles. The van der Waals surface area contributed by atoms with Crippen molar-refractivity contribution in [3.05, 3.63) is 0 Å². The molecule has 0 aliphatic rings. The fourth-order valence-electron chi connectivity index (χ4n) is 3.63. The molecule has 0 aliphatic heterocycles. The van der Waals surface area contributed by atoms with Crippen LogP contribution in [0.25, 0.3) is 0 Å². The van der Waals surface area contributed by atoms with Crippen molar-refractivity contribution in [2.45, 2.75) is 69.5 Å². The normalized spacial score (nSPS) is 20.0. The van der Waals surface area contributed by atoms with Gasteiger partial charge in [0.2, 0.25) is 16.8 Å². The van der Waals surface area contributed by atoms with Gasteiger partial charge in [-0.15, -0.1) is 0 Å². The second-order valence-electron chi connectivity index (χ2n) is 7.20. The van der Waals surface area contributed by atoms with Gasteiger partial charge in [0, 0.05) is 0 Å². The highest BCUT2D eigenvalue weighted by atomic mass is 16.4. The first-order valence-corrected chi connectivity index (χ1v) is 8.51. The number of carbonyl (C=O) groups excluding carboxylic acids is 6. The molecule has 0 aromatic rings. The lowest BCUT2D eigenvalue weighted by Crippen LogP contribution is -2.89. The molecule has 0 aliphatic carbocycles. The third kappa shape index (κ3) is 2.99. The summed E-state index contributed by atoms with van der Waals surface area (Å²) >= 11 is 0. The lowest BCUT2D eigenvalue weighted by molar-refractivity contribution is -0.289. The highest BCUT2D eigenvalue weighted by Crippen LogP contribution is 2.47. The minimum Gasteiger partial charge on any atom is -0.393 e. The Morgan fingerprint density at radius 2 is 0.800 bits per heavy atom. The minimum absolute atomic E-state index is 0.375. The highest BCUT2D eigenvalue weighted by Gasteiger charge is 2.82. The number of rotatable bonds is 11. The topological polar surface area (TPSA) is 224 Å². The lowest BCUT2D eigenvalue weighted by atomic mass is 9.53. The maximum Gasteiger partial charge on any atom is 0.220 e. The first-order chi connectivity index (χ1) is 13.2. The van der Waals surface area contributed by atoms with Gasteiger partial charge in [-0.05, 0) is 41.5 Å². The van der Waals surface area contributed by atoms with Gasteiger partial charge >= 0.3 is 0 Å². The van der Waals surface area contributed by atoms with Crippen molar-refractivity contribution in [3.8, 4) is 0 Å². The summed E-state index contributed by atoms with van der Waals surface area (Å²) in [5.41, 5.74) is -20.5. The van der Waals surface area contributed by atoms with E-state index >= 15 is 0 Å². The smallest absolute Gasteiger partial charge is 0.220 e. The molecule has 0 aromatic carbocycles. The molecule has 0 heterocycles. The van der Waals surface area contributed by atoms with Gasteiger partial charge in [-0.1, -0.05) is 0 Å². The van der Waals surface area contributed by atoms with Crippen LogP contribution in [0.2, 0.25) is 0 Å². The van der Waals surface area contributed by atoms with Crippen molar-refractivity contribution in [1.29, 1.82) is 0 Å². The SMILES string of the molecule is CC(=O)C(O)(C(C)=O)[C@](O)(C(C)=O)[C@](O)(C(C)=O)[C@@](O)(C(C)=O)[C@](O)(CO)C(C)=O. The molecule has 0 rings (SSSR count). The predicted octanol–water partition coefficient (Wildman–Crippen LogP) is -3.83. The predicted molar refractivity (Wildman–Crippen MR) is 95.9 cm³/mol. The first kappa shape index (κ1) is 27.8. The second-order valence-corrected chi connectivity index (χ2v) is 7.20. The molecule has 0 saturated carbocycles. The molecule has 0 radical (unpaired) electrons. The largest absolute Gasteiger partial charge is 0.393 e. The summed E-state index contributed by atoms with van der Waals surface area (Å²) < 4.78 is 0. The van der Waals surface area contributed by atoms with Crippen molar-refractivity contribution < 1.29 is 59.4 Å². The molecular weight excluding hydrogens is 408 g/mol. The van der Waals surface area contributed by atoms with Gasteiger partial charge in [-0.3, -0.25) is 28.8 Å². The van der Waals surface area contributed by atoms with Crippen LogP contribution in [-0.2, 0) is 28.8 Å². The molecule has 0 bridgehead atoms. The molecule has 0 fully saturated rings. The lowest BCUT2D eigenvalue weighted by Gasteiger charge is -2.56. The number of ketones is 6. The van der Waals surface area contributed by atoms with Crippen molar-refractivity contribution in [2.24, 2.45) is 0 Å². The van der Waals surface area contributed by atoms with Crippen LogP contribution in [0.3, 0.4) is 0 Å². The van der Waals surface area contributed by atoms with E-state index in [0.717, 1.165) is 0 Å². The van der Waals surface area contributed by atoms with Crippen LogP contribution in [0, 0.1) is 0 Å². The van der Waals surface area contributed by atoms with Crippen LogP contribution in [0.5, 0.6) is 0 Å². The van der Waals surface area contributed by atoms with E-state index in [2.05, 4.69) is 0 Å². The van der Waals surface area contributed by atoms with Gasteiger partial charge in [0.1, 0.15) is 0 Å². The summed E-state index contributed by atoms with van der Waals surface area (Å²) in [5.74, 6) is -10.6. The molecule has 30 heavy (non-hydrogen) atoms. The molecule has 0 amide bonds. The molecule has 0 unspecified atom stereocenters. The van der Waals surface area contributed by atoms with Crippen molar-refractivity contribution in [2.75, 3.05) is 6.61 Å². The molecular formula is C18H26O12. The number of Topliss-reactive ketones (excluding diaryl/α,β-unsaturated/α-hetero) is 6. The zero-order valence-electron chi connectivity index (χ0n) is 17.3. The molecule has 12 nitrogen and oxygen atoms in total. The van der Waals surface area contributed by atoms with Crippen LogP contribution in [-0.4, -0.2) is 100.0 Å². The van der Waals surface area contributed by atoms with Gasteiger partial charge in [0.25, 0.3) is 0 Å². The van der Waals surface area contributed by atoms with E-state index in [1.807, 2.05) is 0 Å². The average Bonchev–Trinajstić information content (AvgIpc) is 2.62. The maximum atomic E-state index is 12.5. The van der Waals surface area contributed by atoms with Gasteiger partial charge in [0.15, 0.2) is 45.9 Å². The summed E-state index contributed by atoms with van der Waals surface area (Å²) in [6, 6.07) is 0. The van der Waals surface area contributed by atoms with Gasteiger partial charge in [-0.2, -0.15) is 0 Å². The Bertz CT molecular complexity index is 802. The summed E-state index contributed by atoms with van der Waals surface area (Å²) in [6.07, 6.45) is 0. The molecule has 0 saturated heterocycles. The summed E-state index contributed by atoms with van der Waals surface area (Å²) in [6.45, 7) is 0.883. The van der Waals surface area contributed by atoms with E-state index in [-0.39, 0.29) is 0 Å². The van der Waals surface area contributed by atoms with E-state index in [4.69, 9.17) is 0 Å². The standard InChI is InChI=1S/C18H26O12/c1-8(20)14(26,7-19)16(28,11(4)23)18(30,13(6)25)17(29,12(5)24)15(27,9(2)21)10(3)22/h19,26-30H,7H2,1-6H3/t14-,16+,17+,18-/m0/s1. The number of aliphatic hydroxyl groups is 6. The third-order valence-corrected chi connectivity index (χ3v) is 5.53. The zero-order valence-corrected chi connectivity index (χ0v) is 17.3. The highest BCUT2D eigenvalue weighted by molar-refractivity contribution is 6.18. The van der Waals surface area contributed by atoms with Crippen LogP contribution in [0.1, 0.15) is 41.5 Å². The fourth-order valence-corrected chi connectivity index (χ4v) is 3.63. The summed E-state index contributed by atoms with van der Waals surface area (Å²) in [7, 11) is 0. The van der Waals surface area contributed by atoms with Crippen LogP contribution in [0.4, 0.5) is 0 Å². The Hall–Kier alpha value is -2.22. The Morgan fingerprint density at radius 3 is 0.967 bits per heavy atom. The van der Waals surface area contributed by atoms with E-state index < -0.39 is 69.3 Å². The Labute approximate surface area is 171 Å². The monoisotopic (exact) mass is 434 g/mol. The number of hydrogen-bond acceptors (Lipinski definition) is 12. The van der Waals surface area contributed by atoms with Crippen molar-refractivity contribution in [1.82, 2.24) is 0 Å². The van der Waals surface area contributed by atoms with E-state index in [9.17, 15) is 59.4 Å².